The molecule has 0 radical (unpaired) electrons. The van der Waals surface area contributed by atoms with Crippen LogP contribution in [0.15, 0.2) is 42.5 Å². The van der Waals surface area contributed by atoms with Crippen molar-refractivity contribution in [1.82, 2.24) is 5.32 Å². The van der Waals surface area contributed by atoms with Crippen LogP contribution in [-0.4, -0.2) is 18.4 Å². The van der Waals surface area contributed by atoms with Crippen molar-refractivity contribution in [2.45, 2.75) is 19.4 Å². The maximum atomic E-state index is 12.2. The van der Waals surface area contributed by atoms with Gasteiger partial charge in [-0.3, -0.25) is 9.59 Å². The summed E-state index contributed by atoms with van der Waals surface area (Å²) in [7, 11) is 0. The molecule has 2 amide bonds. The fraction of sp³-hybridized carbons (Fsp3) is 0.222. The normalized spacial score (nSPS) is 14.1. The highest BCUT2D eigenvalue weighted by molar-refractivity contribution is 6.43. The van der Waals surface area contributed by atoms with E-state index in [1.54, 1.807) is 23.1 Å². The van der Waals surface area contributed by atoms with E-state index in [1.807, 2.05) is 24.3 Å². The third-order valence-corrected chi connectivity index (χ3v) is 4.79. The van der Waals surface area contributed by atoms with Crippen LogP contribution in [0.1, 0.15) is 28.8 Å². The average Bonchev–Trinajstić information content (AvgIpc) is 3.02. The lowest BCUT2D eigenvalue weighted by molar-refractivity contribution is -0.117. The molecule has 2 aromatic rings. The van der Waals surface area contributed by atoms with Crippen molar-refractivity contribution >= 4 is 40.7 Å². The minimum Gasteiger partial charge on any atom is -0.348 e. The Kier molecular flexibility index (Phi) is 5.07. The number of hydrogen-bond donors (Lipinski definition) is 1. The molecule has 6 heteroatoms. The molecule has 1 N–H and O–H groups in total. The number of nitrogens with one attached hydrogen (secondary N) is 1. The highest BCUT2D eigenvalue weighted by atomic mass is 35.5. The Hall–Kier alpha value is -2.04. The number of rotatable bonds is 4. The van der Waals surface area contributed by atoms with E-state index in [9.17, 15) is 9.59 Å². The third-order valence-electron chi connectivity index (χ3n) is 3.97. The Morgan fingerprint density at radius 2 is 1.88 bits per heavy atom. The number of amides is 2. The first-order valence-corrected chi connectivity index (χ1v) is 8.43. The summed E-state index contributed by atoms with van der Waals surface area (Å²) in [5, 5.41) is 3.42. The van der Waals surface area contributed by atoms with Gasteiger partial charge in [0, 0.05) is 25.2 Å². The topological polar surface area (TPSA) is 49.4 Å². The van der Waals surface area contributed by atoms with Gasteiger partial charge in [0.1, 0.15) is 0 Å². The zero-order valence-corrected chi connectivity index (χ0v) is 14.4. The second-order valence-electron chi connectivity index (χ2n) is 5.60. The molecule has 0 aromatic heterocycles. The van der Waals surface area contributed by atoms with E-state index in [-0.39, 0.29) is 16.8 Å². The summed E-state index contributed by atoms with van der Waals surface area (Å²) < 4.78 is 0. The second-order valence-corrected chi connectivity index (χ2v) is 6.38. The predicted octanol–water partition coefficient (Wildman–Crippen LogP) is 4.05. The Bertz CT molecular complexity index is 775. The standard InChI is InChI=1S/C18H16Cl2N2O2/c19-15-4-1-3-14(17(15)20)18(24)21-11-12-6-8-13(9-7-12)22-10-2-5-16(22)23/h1,3-4,6-9H,2,5,10-11H2,(H,21,24). The molecular weight excluding hydrogens is 347 g/mol. The van der Waals surface area contributed by atoms with Gasteiger partial charge in [-0.1, -0.05) is 41.4 Å². The van der Waals surface area contributed by atoms with Crippen molar-refractivity contribution in [2.24, 2.45) is 0 Å². The van der Waals surface area contributed by atoms with Gasteiger partial charge in [-0.05, 0) is 36.2 Å². The van der Waals surface area contributed by atoms with Crippen LogP contribution < -0.4 is 10.2 Å². The molecule has 1 saturated heterocycles. The molecule has 0 atom stereocenters. The van der Waals surface area contributed by atoms with Gasteiger partial charge in [0.25, 0.3) is 5.91 Å². The number of hydrogen-bond acceptors (Lipinski definition) is 2. The molecule has 1 aliphatic heterocycles. The van der Waals surface area contributed by atoms with E-state index >= 15 is 0 Å². The molecule has 0 unspecified atom stereocenters. The molecule has 0 bridgehead atoms. The van der Waals surface area contributed by atoms with Crippen LogP contribution in [0.2, 0.25) is 10.0 Å². The quantitative estimate of drug-likeness (QED) is 0.891. The molecule has 1 fully saturated rings. The van der Waals surface area contributed by atoms with Crippen molar-refractivity contribution in [2.75, 3.05) is 11.4 Å². The van der Waals surface area contributed by atoms with Crippen LogP contribution in [0.25, 0.3) is 0 Å². The van der Waals surface area contributed by atoms with Crippen molar-refractivity contribution in [3.63, 3.8) is 0 Å². The first-order valence-electron chi connectivity index (χ1n) is 7.68. The van der Waals surface area contributed by atoms with Crippen LogP contribution in [-0.2, 0) is 11.3 Å². The van der Waals surface area contributed by atoms with E-state index in [1.165, 1.54) is 0 Å². The van der Waals surface area contributed by atoms with Crippen LogP contribution in [0.5, 0.6) is 0 Å². The average molecular weight is 363 g/mol. The molecule has 24 heavy (non-hydrogen) atoms. The number of nitrogens with zero attached hydrogens (tertiary/aromatic N) is 1. The van der Waals surface area contributed by atoms with Gasteiger partial charge in [-0.25, -0.2) is 0 Å². The van der Waals surface area contributed by atoms with Gasteiger partial charge >= 0.3 is 0 Å². The highest BCUT2D eigenvalue weighted by Crippen LogP contribution is 2.25. The van der Waals surface area contributed by atoms with Gasteiger partial charge < -0.3 is 10.2 Å². The molecule has 1 aliphatic rings. The Balaban J connectivity index is 1.63. The lowest BCUT2D eigenvalue weighted by Crippen LogP contribution is -2.24. The number of anilines is 1. The van der Waals surface area contributed by atoms with Crippen LogP contribution in [0.4, 0.5) is 5.69 Å². The fourth-order valence-corrected chi connectivity index (χ4v) is 3.06. The fourth-order valence-electron chi connectivity index (χ4n) is 2.67. The first kappa shape index (κ1) is 16.8. The summed E-state index contributed by atoms with van der Waals surface area (Å²) in [5.74, 6) is -0.118. The van der Waals surface area contributed by atoms with Gasteiger partial charge in [0.15, 0.2) is 0 Å². The maximum absolute atomic E-state index is 12.2. The van der Waals surface area contributed by atoms with E-state index in [0.717, 1.165) is 24.2 Å². The lowest BCUT2D eigenvalue weighted by Gasteiger charge is -2.16. The van der Waals surface area contributed by atoms with E-state index in [4.69, 9.17) is 23.2 Å². The molecule has 0 saturated carbocycles. The highest BCUT2D eigenvalue weighted by Gasteiger charge is 2.21. The zero-order valence-electron chi connectivity index (χ0n) is 12.9. The molecule has 0 aliphatic carbocycles. The van der Waals surface area contributed by atoms with Crippen molar-refractivity contribution in [3.05, 3.63) is 63.6 Å². The van der Waals surface area contributed by atoms with E-state index < -0.39 is 0 Å². The molecule has 0 spiro atoms. The van der Waals surface area contributed by atoms with Gasteiger partial charge in [0.05, 0.1) is 15.6 Å². The summed E-state index contributed by atoms with van der Waals surface area (Å²) >= 11 is 12.0. The summed E-state index contributed by atoms with van der Waals surface area (Å²) in [6, 6.07) is 12.6. The van der Waals surface area contributed by atoms with Crippen molar-refractivity contribution in [3.8, 4) is 0 Å². The first-order chi connectivity index (χ1) is 11.6. The minimum absolute atomic E-state index is 0.159. The van der Waals surface area contributed by atoms with Gasteiger partial charge in [-0.15, -0.1) is 0 Å². The van der Waals surface area contributed by atoms with Crippen LogP contribution >= 0.6 is 23.2 Å². The van der Waals surface area contributed by atoms with E-state index in [2.05, 4.69) is 5.32 Å². The molecular formula is C18H16Cl2N2O2. The monoisotopic (exact) mass is 362 g/mol. The van der Waals surface area contributed by atoms with Crippen LogP contribution in [0, 0.1) is 0 Å². The minimum atomic E-state index is -0.277. The Labute approximate surface area is 150 Å². The molecule has 4 nitrogen and oxygen atoms in total. The molecule has 2 aromatic carbocycles. The molecule has 1 heterocycles. The third kappa shape index (κ3) is 3.55. The maximum Gasteiger partial charge on any atom is 0.253 e. The predicted molar refractivity (Wildman–Crippen MR) is 95.7 cm³/mol. The number of benzene rings is 2. The van der Waals surface area contributed by atoms with E-state index in [0.29, 0.717) is 23.6 Å². The SMILES string of the molecule is O=C(NCc1ccc(N2CCCC2=O)cc1)c1cccc(Cl)c1Cl. The number of halogens is 2. The summed E-state index contributed by atoms with van der Waals surface area (Å²) in [6.07, 6.45) is 1.51. The molecule has 3 rings (SSSR count). The van der Waals surface area contributed by atoms with Crippen molar-refractivity contribution in [1.29, 1.82) is 0 Å². The number of carbonyl (C=O) groups is 2. The van der Waals surface area contributed by atoms with Crippen LogP contribution in [0.3, 0.4) is 0 Å². The van der Waals surface area contributed by atoms with Crippen molar-refractivity contribution < 1.29 is 9.59 Å². The van der Waals surface area contributed by atoms with Gasteiger partial charge in [-0.2, -0.15) is 0 Å². The second kappa shape index (κ2) is 7.24. The smallest absolute Gasteiger partial charge is 0.253 e. The van der Waals surface area contributed by atoms with Gasteiger partial charge in [0.2, 0.25) is 5.91 Å². The summed E-state index contributed by atoms with van der Waals surface area (Å²) in [6.45, 7) is 1.14. The molecule has 124 valence electrons. The summed E-state index contributed by atoms with van der Waals surface area (Å²) in [4.78, 5) is 25.7. The Morgan fingerprint density at radius 3 is 2.54 bits per heavy atom. The largest absolute Gasteiger partial charge is 0.348 e. The summed E-state index contributed by atoms with van der Waals surface area (Å²) in [5.41, 5.74) is 2.19. The number of carbonyl (C=O) groups excluding carboxylic acids is 2. The lowest BCUT2D eigenvalue weighted by atomic mass is 10.1. The Morgan fingerprint density at radius 1 is 1.12 bits per heavy atom. The zero-order chi connectivity index (χ0) is 17.1.